The predicted molar refractivity (Wildman–Crippen MR) is 58.0 cm³/mol. The van der Waals surface area contributed by atoms with Crippen LogP contribution >= 0.6 is 0 Å². The Morgan fingerprint density at radius 3 is 2.29 bits per heavy atom. The molecule has 74 valence electrons. The van der Waals surface area contributed by atoms with Gasteiger partial charge in [0.1, 0.15) is 6.61 Å². The van der Waals surface area contributed by atoms with Gasteiger partial charge in [0.2, 0.25) is 5.90 Å². The fourth-order valence-corrected chi connectivity index (χ4v) is 2.00. The SMILES string of the molecule is Cc1cc(C)c(C2=NCCO2)c(C)c1. The number of hydrogen-bond acceptors (Lipinski definition) is 2. The number of hydrogen-bond donors (Lipinski definition) is 0. The maximum absolute atomic E-state index is 5.49. The molecule has 1 aliphatic heterocycles. The van der Waals surface area contributed by atoms with Gasteiger partial charge in [-0.2, -0.15) is 0 Å². The summed E-state index contributed by atoms with van der Waals surface area (Å²) in [5.74, 6) is 0.819. The van der Waals surface area contributed by atoms with Crippen LogP contribution in [-0.4, -0.2) is 19.0 Å². The molecule has 0 bridgehead atoms. The van der Waals surface area contributed by atoms with Crippen molar-refractivity contribution < 1.29 is 4.74 Å². The molecule has 0 aromatic heterocycles. The van der Waals surface area contributed by atoms with Gasteiger partial charge in [0.15, 0.2) is 0 Å². The molecular weight excluding hydrogens is 174 g/mol. The van der Waals surface area contributed by atoms with Gasteiger partial charge in [-0.05, 0) is 31.9 Å². The monoisotopic (exact) mass is 189 g/mol. The largest absolute Gasteiger partial charge is 0.475 e. The molecule has 0 saturated carbocycles. The minimum absolute atomic E-state index is 0.724. The third-order valence-corrected chi connectivity index (χ3v) is 2.48. The fourth-order valence-electron chi connectivity index (χ4n) is 2.00. The van der Waals surface area contributed by atoms with E-state index in [1.165, 1.54) is 22.3 Å². The molecule has 14 heavy (non-hydrogen) atoms. The molecule has 0 spiro atoms. The van der Waals surface area contributed by atoms with Crippen molar-refractivity contribution in [1.29, 1.82) is 0 Å². The first kappa shape index (κ1) is 9.25. The summed E-state index contributed by atoms with van der Waals surface area (Å²) < 4.78 is 5.49. The molecule has 2 heteroatoms. The molecule has 0 aliphatic carbocycles. The second kappa shape index (κ2) is 3.45. The van der Waals surface area contributed by atoms with E-state index < -0.39 is 0 Å². The lowest BCUT2D eigenvalue weighted by Gasteiger charge is -2.10. The topological polar surface area (TPSA) is 21.6 Å². The zero-order valence-electron chi connectivity index (χ0n) is 8.92. The Bertz CT molecular complexity index is 370. The van der Waals surface area contributed by atoms with Crippen LogP contribution in [0.15, 0.2) is 17.1 Å². The number of benzene rings is 1. The van der Waals surface area contributed by atoms with Crippen LogP contribution in [0.2, 0.25) is 0 Å². The molecule has 0 unspecified atom stereocenters. The van der Waals surface area contributed by atoms with Crippen molar-refractivity contribution in [2.24, 2.45) is 4.99 Å². The van der Waals surface area contributed by atoms with Crippen LogP contribution in [0.3, 0.4) is 0 Å². The molecule has 1 heterocycles. The van der Waals surface area contributed by atoms with Gasteiger partial charge >= 0.3 is 0 Å². The van der Waals surface area contributed by atoms with Crippen molar-refractivity contribution >= 4 is 5.90 Å². The lowest BCUT2D eigenvalue weighted by molar-refractivity contribution is 0.348. The number of ether oxygens (including phenoxy) is 1. The Balaban J connectivity index is 2.52. The second-order valence-electron chi connectivity index (χ2n) is 3.81. The van der Waals surface area contributed by atoms with Gasteiger partial charge in [-0.15, -0.1) is 0 Å². The average molecular weight is 189 g/mol. The Kier molecular flexibility index (Phi) is 2.28. The highest BCUT2D eigenvalue weighted by atomic mass is 16.5. The van der Waals surface area contributed by atoms with Crippen molar-refractivity contribution in [1.82, 2.24) is 0 Å². The average Bonchev–Trinajstić information content (AvgIpc) is 2.54. The molecule has 1 aromatic rings. The summed E-state index contributed by atoms with van der Waals surface area (Å²) in [4.78, 5) is 4.35. The summed E-state index contributed by atoms with van der Waals surface area (Å²) in [6.07, 6.45) is 0. The number of aryl methyl sites for hydroxylation is 3. The number of aliphatic imine (C=N–C) groups is 1. The minimum Gasteiger partial charge on any atom is -0.475 e. The molecule has 2 rings (SSSR count). The summed E-state index contributed by atoms with van der Waals surface area (Å²) in [5, 5.41) is 0. The summed E-state index contributed by atoms with van der Waals surface area (Å²) >= 11 is 0. The Labute approximate surface area is 84.6 Å². The quantitative estimate of drug-likeness (QED) is 0.664. The van der Waals surface area contributed by atoms with Crippen molar-refractivity contribution in [2.75, 3.05) is 13.2 Å². The third kappa shape index (κ3) is 1.52. The van der Waals surface area contributed by atoms with Crippen molar-refractivity contribution in [3.8, 4) is 0 Å². The summed E-state index contributed by atoms with van der Waals surface area (Å²) in [6, 6.07) is 4.35. The zero-order valence-corrected chi connectivity index (χ0v) is 8.92. The lowest BCUT2D eigenvalue weighted by Crippen LogP contribution is -2.06. The first-order chi connectivity index (χ1) is 6.68. The normalized spacial score (nSPS) is 15.2. The van der Waals surface area contributed by atoms with E-state index in [4.69, 9.17) is 4.74 Å². The lowest BCUT2D eigenvalue weighted by atomic mass is 10.00. The van der Waals surface area contributed by atoms with Crippen molar-refractivity contribution in [3.05, 3.63) is 34.4 Å². The van der Waals surface area contributed by atoms with Crippen molar-refractivity contribution in [2.45, 2.75) is 20.8 Å². The van der Waals surface area contributed by atoms with Crippen LogP contribution in [0.5, 0.6) is 0 Å². The highest BCUT2D eigenvalue weighted by molar-refractivity contribution is 5.97. The molecule has 1 aromatic carbocycles. The molecule has 0 N–H and O–H groups in total. The standard InChI is InChI=1S/C12H15NO/c1-8-6-9(2)11(10(3)7-8)12-13-4-5-14-12/h6-7H,4-5H2,1-3H3. The van der Waals surface area contributed by atoms with E-state index in [9.17, 15) is 0 Å². The zero-order chi connectivity index (χ0) is 10.1. The highest BCUT2D eigenvalue weighted by Gasteiger charge is 2.15. The van der Waals surface area contributed by atoms with Crippen LogP contribution in [0.4, 0.5) is 0 Å². The minimum atomic E-state index is 0.724. The maximum Gasteiger partial charge on any atom is 0.216 e. The van der Waals surface area contributed by atoms with Gasteiger partial charge in [0, 0.05) is 5.56 Å². The molecular formula is C12H15NO. The number of rotatable bonds is 1. The summed E-state index contributed by atoms with van der Waals surface area (Å²) in [5.41, 5.74) is 4.97. The van der Waals surface area contributed by atoms with Gasteiger partial charge in [-0.25, -0.2) is 4.99 Å². The van der Waals surface area contributed by atoms with Crippen LogP contribution in [0, 0.1) is 20.8 Å². The number of nitrogens with zero attached hydrogens (tertiary/aromatic N) is 1. The summed E-state index contributed by atoms with van der Waals surface area (Å²) in [7, 11) is 0. The van der Waals surface area contributed by atoms with Crippen LogP contribution < -0.4 is 0 Å². The van der Waals surface area contributed by atoms with Gasteiger partial charge < -0.3 is 4.74 Å². The van der Waals surface area contributed by atoms with E-state index in [1.807, 2.05) is 0 Å². The molecule has 0 amide bonds. The van der Waals surface area contributed by atoms with Gasteiger partial charge in [-0.3, -0.25) is 0 Å². The maximum atomic E-state index is 5.49. The van der Waals surface area contributed by atoms with E-state index in [0.29, 0.717) is 0 Å². The molecule has 1 aliphatic rings. The van der Waals surface area contributed by atoms with Gasteiger partial charge in [-0.1, -0.05) is 17.7 Å². The van der Waals surface area contributed by atoms with Crippen LogP contribution in [0.1, 0.15) is 22.3 Å². The molecule has 0 fully saturated rings. The van der Waals surface area contributed by atoms with Gasteiger partial charge in [0.05, 0.1) is 6.54 Å². The van der Waals surface area contributed by atoms with Crippen LogP contribution in [0.25, 0.3) is 0 Å². The molecule has 0 radical (unpaired) electrons. The fraction of sp³-hybridized carbons (Fsp3) is 0.417. The third-order valence-electron chi connectivity index (χ3n) is 2.48. The first-order valence-corrected chi connectivity index (χ1v) is 4.94. The first-order valence-electron chi connectivity index (χ1n) is 4.94. The summed E-state index contributed by atoms with van der Waals surface area (Å²) in [6.45, 7) is 7.85. The van der Waals surface area contributed by atoms with E-state index >= 15 is 0 Å². The van der Waals surface area contributed by atoms with E-state index in [0.717, 1.165) is 19.0 Å². The van der Waals surface area contributed by atoms with E-state index in [2.05, 4.69) is 37.9 Å². The second-order valence-corrected chi connectivity index (χ2v) is 3.81. The smallest absolute Gasteiger partial charge is 0.216 e. The Morgan fingerprint density at radius 1 is 1.14 bits per heavy atom. The van der Waals surface area contributed by atoms with Crippen molar-refractivity contribution in [3.63, 3.8) is 0 Å². The Hall–Kier alpha value is -1.31. The molecule has 0 atom stereocenters. The van der Waals surface area contributed by atoms with Crippen LogP contribution in [-0.2, 0) is 4.74 Å². The van der Waals surface area contributed by atoms with E-state index in [-0.39, 0.29) is 0 Å². The molecule has 2 nitrogen and oxygen atoms in total. The molecule has 0 saturated heterocycles. The van der Waals surface area contributed by atoms with E-state index in [1.54, 1.807) is 0 Å². The predicted octanol–water partition coefficient (Wildman–Crippen LogP) is 2.39. The van der Waals surface area contributed by atoms with Gasteiger partial charge in [0.25, 0.3) is 0 Å². The highest BCUT2D eigenvalue weighted by Crippen LogP contribution is 2.19. The Morgan fingerprint density at radius 2 is 1.79 bits per heavy atom.